The highest BCUT2D eigenvalue weighted by molar-refractivity contribution is 7.17. The highest BCUT2D eigenvalue weighted by Crippen LogP contribution is 2.36. The number of aliphatic imine (C=N–C) groups is 1. The molecule has 3 heterocycles. The second kappa shape index (κ2) is 12.1. The van der Waals surface area contributed by atoms with E-state index < -0.39 is 0 Å². The lowest BCUT2D eigenvalue weighted by Crippen LogP contribution is -2.35. The maximum absolute atomic E-state index is 12.7. The lowest BCUT2D eigenvalue weighted by molar-refractivity contribution is -0.111. The first-order chi connectivity index (χ1) is 17.6. The summed E-state index contributed by atoms with van der Waals surface area (Å²) in [5, 5.41) is 3.69. The van der Waals surface area contributed by atoms with Crippen LogP contribution in [0.25, 0.3) is 6.08 Å². The van der Waals surface area contributed by atoms with Gasteiger partial charge in [-0.25, -0.2) is 4.79 Å². The van der Waals surface area contributed by atoms with E-state index in [4.69, 9.17) is 9.47 Å². The van der Waals surface area contributed by atoms with Gasteiger partial charge in [-0.2, -0.15) is 0 Å². The number of anilines is 1. The lowest BCUT2D eigenvalue weighted by Gasteiger charge is -2.26. The zero-order valence-corrected chi connectivity index (χ0v) is 21.1. The van der Waals surface area contributed by atoms with E-state index in [2.05, 4.69) is 15.3 Å². The van der Waals surface area contributed by atoms with Crippen LogP contribution in [0.5, 0.6) is 5.75 Å². The van der Waals surface area contributed by atoms with Crippen LogP contribution in [-0.4, -0.2) is 48.3 Å². The van der Waals surface area contributed by atoms with Crippen LogP contribution in [0.3, 0.4) is 0 Å². The van der Waals surface area contributed by atoms with Crippen molar-refractivity contribution in [2.45, 2.75) is 26.5 Å². The molecule has 0 saturated heterocycles. The number of nitrogens with zero attached hydrogens (tertiary/aromatic N) is 3. The van der Waals surface area contributed by atoms with Crippen LogP contribution >= 0.6 is 11.3 Å². The second-order valence-electron chi connectivity index (χ2n) is 7.97. The highest BCUT2D eigenvalue weighted by atomic mass is 32.1. The van der Waals surface area contributed by atoms with Gasteiger partial charge in [-0.3, -0.25) is 14.8 Å². The number of para-hydroxylation sites is 1. The maximum Gasteiger partial charge on any atom is 0.410 e. The van der Waals surface area contributed by atoms with Crippen molar-refractivity contribution < 1.29 is 19.1 Å². The molecular formula is C27H28N4O4S. The Morgan fingerprint density at radius 2 is 2.06 bits per heavy atom. The van der Waals surface area contributed by atoms with Gasteiger partial charge in [0.15, 0.2) is 0 Å². The van der Waals surface area contributed by atoms with Crippen LogP contribution in [-0.2, 0) is 29.1 Å². The first kappa shape index (κ1) is 25.1. The summed E-state index contributed by atoms with van der Waals surface area (Å²) >= 11 is 1.46. The van der Waals surface area contributed by atoms with Crippen molar-refractivity contribution in [3.63, 3.8) is 0 Å². The molecular weight excluding hydrogens is 476 g/mol. The van der Waals surface area contributed by atoms with Gasteiger partial charge in [0.25, 0.3) is 0 Å². The summed E-state index contributed by atoms with van der Waals surface area (Å²) in [5.41, 5.74) is 3.51. The molecule has 0 fully saturated rings. The van der Waals surface area contributed by atoms with E-state index in [9.17, 15) is 9.59 Å². The number of carbonyl (C=O) groups excluding carboxylic acids is 2. The van der Waals surface area contributed by atoms with Gasteiger partial charge in [-0.1, -0.05) is 24.3 Å². The molecule has 4 rings (SSSR count). The standard InChI is InChI=1S/C27H28N4O4S/c1-3-34-23-10-5-4-8-19(23)11-12-25(32)30-26-22(16-28-2)21-13-15-31(17-24(21)36-26)27(33)35-18-20-9-6-7-14-29-20/h4-12,14,16H,3,13,15,17-18H2,1-2H3,(H,30,32)/b12-11+,28-16?. The van der Waals surface area contributed by atoms with Crippen molar-refractivity contribution in [1.82, 2.24) is 9.88 Å². The number of hydrogen-bond donors (Lipinski definition) is 1. The molecule has 0 aliphatic carbocycles. The van der Waals surface area contributed by atoms with E-state index in [0.29, 0.717) is 36.8 Å². The molecule has 1 N–H and O–H groups in total. The smallest absolute Gasteiger partial charge is 0.410 e. The Bertz CT molecular complexity index is 1270. The van der Waals surface area contributed by atoms with E-state index in [-0.39, 0.29) is 18.6 Å². The summed E-state index contributed by atoms with van der Waals surface area (Å²) < 4.78 is 11.1. The Morgan fingerprint density at radius 3 is 2.83 bits per heavy atom. The van der Waals surface area contributed by atoms with Crippen LogP contribution < -0.4 is 10.1 Å². The molecule has 0 bridgehead atoms. The molecule has 0 unspecified atom stereocenters. The summed E-state index contributed by atoms with van der Waals surface area (Å²) in [5.74, 6) is 0.474. The van der Waals surface area contributed by atoms with Gasteiger partial charge in [-0.15, -0.1) is 11.3 Å². The third-order valence-electron chi connectivity index (χ3n) is 5.55. The highest BCUT2D eigenvalue weighted by Gasteiger charge is 2.27. The summed E-state index contributed by atoms with van der Waals surface area (Å²) in [6.07, 6.45) is 6.92. The van der Waals surface area contributed by atoms with Crippen LogP contribution in [0, 0.1) is 0 Å². The van der Waals surface area contributed by atoms with Crippen LogP contribution in [0.1, 0.15) is 34.2 Å². The van der Waals surface area contributed by atoms with Crippen molar-refractivity contribution in [2.24, 2.45) is 4.99 Å². The van der Waals surface area contributed by atoms with Gasteiger partial charge in [0, 0.05) is 48.1 Å². The minimum atomic E-state index is -0.383. The van der Waals surface area contributed by atoms with Gasteiger partial charge in [0.05, 0.1) is 18.8 Å². The zero-order chi connectivity index (χ0) is 25.3. The monoisotopic (exact) mass is 504 g/mol. The van der Waals surface area contributed by atoms with Crippen LogP contribution in [0.4, 0.5) is 9.80 Å². The van der Waals surface area contributed by atoms with Gasteiger partial charge in [-0.05, 0) is 43.2 Å². The molecule has 2 aromatic heterocycles. The van der Waals surface area contributed by atoms with Crippen molar-refractivity contribution >= 4 is 40.6 Å². The van der Waals surface area contributed by atoms with Crippen LogP contribution in [0.15, 0.2) is 59.7 Å². The molecule has 9 heteroatoms. The summed E-state index contributed by atoms with van der Waals surface area (Å²) in [6.45, 7) is 3.53. The Hall–Kier alpha value is -3.98. The van der Waals surface area contributed by atoms with Crippen molar-refractivity contribution in [3.8, 4) is 5.75 Å². The minimum absolute atomic E-state index is 0.126. The van der Waals surface area contributed by atoms with Gasteiger partial charge >= 0.3 is 6.09 Å². The average Bonchev–Trinajstić information content (AvgIpc) is 3.23. The number of carbonyl (C=O) groups is 2. The largest absolute Gasteiger partial charge is 0.493 e. The normalized spacial score (nSPS) is 13.1. The Kier molecular flexibility index (Phi) is 8.46. The van der Waals surface area contributed by atoms with Crippen molar-refractivity contribution in [1.29, 1.82) is 0 Å². The van der Waals surface area contributed by atoms with Gasteiger partial charge in [0.1, 0.15) is 17.4 Å². The molecule has 0 spiro atoms. The summed E-state index contributed by atoms with van der Waals surface area (Å²) in [6, 6.07) is 13.1. The topological polar surface area (TPSA) is 93.1 Å². The van der Waals surface area contributed by atoms with E-state index in [1.54, 1.807) is 30.4 Å². The molecule has 36 heavy (non-hydrogen) atoms. The number of fused-ring (bicyclic) bond motifs is 1. The summed E-state index contributed by atoms with van der Waals surface area (Å²) in [4.78, 5) is 36.4. The second-order valence-corrected chi connectivity index (χ2v) is 9.08. The molecule has 3 aromatic rings. The fourth-order valence-corrected chi connectivity index (χ4v) is 5.12. The Labute approximate surface area is 214 Å². The number of nitrogens with one attached hydrogen (secondary N) is 1. The molecule has 0 atom stereocenters. The van der Waals surface area contributed by atoms with Crippen LogP contribution in [0.2, 0.25) is 0 Å². The lowest BCUT2D eigenvalue weighted by atomic mass is 10.0. The molecule has 1 aliphatic rings. The molecule has 8 nitrogen and oxygen atoms in total. The van der Waals surface area contributed by atoms with Gasteiger partial charge < -0.3 is 19.7 Å². The molecule has 186 valence electrons. The number of amides is 2. The number of thiophene rings is 1. The number of benzene rings is 1. The molecule has 0 radical (unpaired) electrons. The predicted molar refractivity (Wildman–Crippen MR) is 142 cm³/mol. The molecule has 0 saturated carbocycles. The third-order valence-corrected chi connectivity index (χ3v) is 6.70. The zero-order valence-electron chi connectivity index (χ0n) is 20.3. The average molecular weight is 505 g/mol. The molecule has 1 aliphatic heterocycles. The Morgan fingerprint density at radius 1 is 1.22 bits per heavy atom. The van der Waals surface area contributed by atoms with E-state index >= 15 is 0 Å². The maximum atomic E-state index is 12.7. The first-order valence-corrected chi connectivity index (χ1v) is 12.5. The molecule has 1 aromatic carbocycles. The molecule has 2 amide bonds. The Balaban J connectivity index is 1.44. The van der Waals surface area contributed by atoms with Crippen molar-refractivity contribution in [2.75, 3.05) is 25.5 Å². The quantitative estimate of drug-likeness (QED) is 0.347. The van der Waals surface area contributed by atoms with Gasteiger partial charge in [0.2, 0.25) is 5.91 Å². The fourth-order valence-electron chi connectivity index (χ4n) is 3.88. The number of aromatic nitrogens is 1. The fraction of sp³-hybridized carbons (Fsp3) is 0.259. The number of ether oxygens (including phenoxy) is 2. The minimum Gasteiger partial charge on any atom is -0.493 e. The predicted octanol–water partition coefficient (Wildman–Crippen LogP) is 4.94. The van der Waals surface area contributed by atoms with Crippen molar-refractivity contribution in [3.05, 3.63) is 82.0 Å². The first-order valence-electron chi connectivity index (χ1n) is 11.7. The summed E-state index contributed by atoms with van der Waals surface area (Å²) in [7, 11) is 1.70. The SMILES string of the molecule is CCOc1ccccc1/C=C/C(=O)Nc1sc2c(c1C=NC)CCN(C(=O)OCc1ccccn1)C2. The third kappa shape index (κ3) is 6.17. The number of hydrogen-bond acceptors (Lipinski definition) is 7. The van der Waals surface area contributed by atoms with E-state index in [1.165, 1.54) is 17.4 Å². The van der Waals surface area contributed by atoms with E-state index in [1.807, 2.05) is 49.4 Å². The van der Waals surface area contributed by atoms with E-state index in [0.717, 1.165) is 27.3 Å². The number of pyridine rings is 1. The number of rotatable bonds is 8.